The number of H-pyrrole nitrogens is 2. The summed E-state index contributed by atoms with van der Waals surface area (Å²) in [6.07, 6.45) is 5.52. The van der Waals surface area contributed by atoms with Crippen molar-refractivity contribution in [2.24, 2.45) is 11.8 Å². The van der Waals surface area contributed by atoms with E-state index in [0.29, 0.717) is 11.5 Å². The van der Waals surface area contributed by atoms with Gasteiger partial charge in [-0.05, 0) is 79.7 Å². The molecule has 15 heteroatoms. The minimum absolute atomic E-state index is 0.00148. The fraction of sp³-hybridized carbons (Fsp3) is 0.444. The first-order valence-electron chi connectivity index (χ1n) is 20.7. The standard InChI is InChI=1S/C45H55N9O6/c1-24(2)37(50-44(57)59-7)42(55)53-26(5)9-19-35(53)40-47-23-34(49-40)31-17-15-29(16-18-31)28-11-13-30(14-12-28)32-21-33-39(46-22-32)52-41(48-33)36-20-10-27(6)54(36)43(56)38(25(3)4)51-45(58)60-8/h11-18,21-27,35-38H,9-10,19-20H2,1-8H3,(H,47,49)(H,50,57)(H,51,58)(H,46,48,52)/t26-,27-,35-,36-,37-,38-/m0/s1. The average molecular weight is 818 g/mol. The number of nitrogens with zero attached hydrogens (tertiary/aromatic N) is 5. The number of hydrogen-bond donors (Lipinski definition) is 4. The van der Waals surface area contributed by atoms with E-state index >= 15 is 0 Å². The number of nitrogens with one attached hydrogen (secondary N) is 4. The number of likely N-dealkylation sites (tertiary alicyclic amines) is 2. The predicted octanol–water partition coefficient (Wildman–Crippen LogP) is 7.55. The number of rotatable bonds is 11. The maximum atomic E-state index is 13.8. The van der Waals surface area contributed by atoms with Crippen molar-refractivity contribution in [2.75, 3.05) is 14.2 Å². The lowest BCUT2D eigenvalue weighted by molar-refractivity contribution is -0.138. The van der Waals surface area contributed by atoms with Gasteiger partial charge >= 0.3 is 12.2 Å². The highest BCUT2D eigenvalue weighted by molar-refractivity contribution is 5.88. The third-order valence-corrected chi connectivity index (χ3v) is 12.0. The summed E-state index contributed by atoms with van der Waals surface area (Å²) in [5.74, 6) is 0.841. The Kier molecular flexibility index (Phi) is 12.2. The Balaban J connectivity index is 1.03. The van der Waals surface area contributed by atoms with Crippen LogP contribution in [0.3, 0.4) is 0 Å². The largest absolute Gasteiger partial charge is 0.453 e. The van der Waals surface area contributed by atoms with Gasteiger partial charge in [0.25, 0.3) is 0 Å². The topological polar surface area (TPSA) is 188 Å². The molecule has 0 saturated carbocycles. The summed E-state index contributed by atoms with van der Waals surface area (Å²) in [7, 11) is 2.58. The molecule has 15 nitrogen and oxygen atoms in total. The highest BCUT2D eigenvalue weighted by atomic mass is 16.5. The van der Waals surface area contributed by atoms with Gasteiger partial charge in [-0.25, -0.2) is 24.5 Å². The summed E-state index contributed by atoms with van der Waals surface area (Å²) < 4.78 is 9.58. The molecule has 316 valence electrons. The van der Waals surface area contributed by atoms with Crippen LogP contribution in [0, 0.1) is 11.8 Å². The Morgan fingerprint density at radius 1 is 0.633 bits per heavy atom. The predicted molar refractivity (Wildman–Crippen MR) is 227 cm³/mol. The number of carbonyl (C=O) groups is 4. The van der Waals surface area contributed by atoms with Gasteiger partial charge in [-0.3, -0.25) is 9.59 Å². The van der Waals surface area contributed by atoms with Crippen LogP contribution < -0.4 is 10.6 Å². The maximum Gasteiger partial charge on any atom is 0.407 e. The first kappa shape index (κ1) is 41.9. The van der Waals surface area contributed by atoms with Crippen LogP contribution in [-0.2, 0) is 19.1 Å². The van der Waals surface area contributed by atoms with Crippen LogP contribution in [0.1, 0.15) is 91.0 Å². The van der Waals surface area contributed by atoms with Gasteiger partial charge in [0.2, 0.25) is 11.8 Å². The Morgan fingerprint density at radius 3 is 1.58 bits per heavy atom. The first-order chi connectivity index (χ1) is 28.8. The normalized spacial score (nSPS) is 20.1. The van der Waals surface area contributed by atoms with Crippen LogP contribution in [0.4, 0.5) is 9.59 Å². The Labute approximate surface area is 350 Å². The molecule has 60 heavy (non-hydrogen) atoms. The highest BCUT2D eigenvalue weighted by Gasteiger charge is 2.42. The Bertz CT molecular complexity index is 2340. The van der Waals surface area contributed by atoms with Crippen molar-refractivity contribution in [1.29, 1.82) is 0 Å². The quantitative estimate of drug-likeness (QED) is 0.104. The lowest BCUT2D eigenvalue weighted by atomic mass is 10.00. The molecule has 2 aromatic carbocycles. The van der Waals surface area contributed by atoms with E-state index in [4.69, 9.17) is 19.4 Å². The monoisotopic (exact) mass is 817 g/mol. The number of imidazole rings is 2. The van der Waals surface area contributed by atoms with Gasteiger partial charge in [-0.1, -0.05) is 76.2 Å². The number of aromatic nitrogens is 5. The second-order valence-electron chi connectivity index (χ2n) is 16.6. The fourth-order valence-electron chi connectivity index (χ4n) is 8.55. The lowest BCUT2D eigenvalue weighted by Gasteiger charge is -2.32. The fourth-order valence-corrected chi connectivity index (χ4v) is 8.55. The van der Waals surface area contributed by atoms with Crippen LogP contribution in [0.15, 0.2) is 67.0 Å². The molecule has 6 atom stereocenters. The molecule has 4 amide bonds. The summed E-state index contributed by atoms with van der Waals surface area (Å²) >= 11 is 0. The van der Waals surface area contributed by atoms with Gasteiger partial charge in [0.1, 0.15) is 23.7 Å². The number of alkyl carbamates (subject to hydrolysis) is 2. The number of benzene rings is 2. The number of methoxy groups -OCH3 is 2. The van der Waals surface area contributed by atoms with E-state index in [2.05, 4.69) is 74.1 Å². The number of aromatic amines is 2. The van der Waals surface area contributed by atoms with Gasteiger partial charge in [0.15, 0.2) is 5.65 Å². The van der Waals surface area contributed by atoms with Crippen molar-refractivity contribution in [1.82, 2.24) is 45.4 Å². The molecular weight excluding hydrogens is 763 g/mol. The molecule has 0 radical (unpaired) electrons. The van der Waals surface area contributed by atoms with Crippen LogP contribution in [0.5, 0.6) is 0 Å². The number of carbonyl (C=O) groups excluding carboxylic acids is 4. The van der Waals surface area contributed by atoms with Crippen LogP contribution in [0.25, 0.3) is 44.7 Å². The van der Waals surface area contributed by atoms with Crippen molar-refractivity contribution in [2.45, 2.75) is 103 Å². The Morgan fingerprint density at radius 2 is 1.10 bits per heavy atom. The molecule has 2 aliphatic heterocycles. The third-order valence-electron chi connectivity index (χ3n) is 12.0. The maximum absolute atomic E-state index is 13.8. The van der Waals surface area contributed by atoms with Crippen molar-refractivity contribution < 1.29 is 28.7 Å². The van der Waals surface area contributed by atoms with Gasteiger partial charge in [-0.15, -0.1) is 0 Å². The lowest BCUT2D eigenvalue weighted by Crippen LogP contribution is -2.52. The molecule has 2 fully saturated rings. The summed E-state index contributed by atoms with van der Waals surface area (Å²) in [6, 6.07) is 16.7. The smallest absolute Gasteiger partial charge is 0.407 e. The average Bonchev–Trinajstić information content (AvgIpc) is 4.06. The summed E-state index contributed by atoms with van der Waals surface area (Å²) in [4.78, 5) is 76.5. The SMILES string of the molecule is COC(=O)N[C@H](C(=O)N1[C@@H](C)CC[C@H]1c1ncc(-c2ccc(-c3ccc(-c4cnc5nc([C@@H]6CC[C@H](C)N6C(=O)[C@@H](NC(=O)OC)C(C)C)[nH]c5c4)cc3)cc2)[nH]1)C(C)C. The summed E-state index contributed by atoms with van der Waals surface area (Å²) in [5, 5.41) is 5.43. The molecule has 5 aromatic rings. The zero-order valence-electron chi connectivity index (χ0n) is 35.5. The molecule has 7 rings (SSSR count). The van der Waals surface area contributed by atoms with E-state index in [9.17, 15) is 19.2 Å². The number of hydrogen-bond acceptors (Lipinski definition) is 9. The molecule has 4 N–H and O–H groups in total. The number of ether oxygens (including phenoxy) is 2. The third kappa shape index (κ3) is 8.43. The second-order valence-corrected chi connectivity index (χ2v) is 16.6. The van der Waals surface area contributed by atoms with Gasteiger partial charge in [0, 0.05) is 23.8 Å². The molecule has 2 aliphatic rings. The molecule has 2 saturated heterocycles. The summed E-state index contributed by atoms with van der Waals surface area (Å²) in [5.41, 5.74) is 7.23. The van der Waals surface area contributed by atoms with Crippen molar-refractivity contribution in [3.63, 3.8) is 0 Å². The van der Waals surface area contributed by atoms with E-state index < -0.39 is 24.3 Å². The zero-order valence-corrected chi connectivity index (χ0v) is 35.5. The number of pyridine rings is 1. The molecular formula is C45H55N9O6. The molecule has 5 heterocycles. The van der Waals surface area contributed by atoms with Gasteiger partial charge in [0.05, 0.1) is 43.7 Å². The van der Waals surface area contributed by atoms with E-state index in [1.807, 2.05) is 69.8 Å². The van der Waals surface area contributed by atoms with Gasteiger partial charge < -0.3 is 39.9 Å². The van der Waals surface area contributed by atoms with Crippen molar-refractivity contribution in [3.05, 3.63) is 78.6 Å². The van der Waals surface area contributed by atoms with Crippen LogP contribution >= 0.6 is 0 Å². The van der Waals surface area contributed by atoms with E-state index in [0.717, 1.165) is 70.5 Å². The molecule has 0 unspecified atom stereocenters. The van der Waals surface area contributed by atoms with Crippen LogP contribution in [-0.4, -0.2) is 97.1 Å². The van der Waals surface area contributed by atoms with Crippen molar-refractivity contribution >= 4 is 35.2 Å². The van der Waals surface area contributed by atoms with Crippen molar-refractivity contribution in [3.8, 4) is 33.5 Å². The minimum atomic E-state index is -0.722. The zero-order chi connectivity index (χ0) is 42.8. The van der Waals surface area contributed by atoms with Crippen LogP contribution in [0.2, 0.25) is 0 Å². The highest BCUT2D eigenvalue weighted by Crippen LogP contribution is 2.38. The van der Waals surface area contributed by atoms with Gasteiger partial charge in [-0.2, -0.15) is 0 Å². The number of fused-ring (bicyclic) bond motifs is 1. The second kappa shape index (κ2) is 17.5. The molecule has 0 bridgehead atoms. The first-order valence-corrected chi connectivity index (χ1v) is 20.7. The Hall–Kier alpha value is -6.25. The molecule has 0 aliphatic carbocycles. The molecule has 0 spiro atoms. The minimum Gasteiger partial charge on any atom is -0.453 e. The van der Waals surface area contributed by atoms with E-state index in [1.165, 1.54) is 14.2 Å². The number of amides is 4. The summed E-state index contributed by atoms with van der Waals surface area (Å²) in [6.45, 7) is 11.7. The van der Waals surface area contributed by atoms with E-state index in [-0.39, 0.29) is 47.8 Å². The van der Waals surface area contributed by atoms with E-state index in [1.54, 1.807) is 0 Å². The molecule has 3 aromatic heterocycles.